The van der Waals surface area contributed by atoms with E-state index in [0.29, 0.717) is 10.1 Å². The number of thioether (sulfide) groups is 1. The molecule has 3 aromatic carbocycles. The largest absolute Gasteiger partial charge is 0.106 e. The fourth-order valence-corrected chi connectivity index (χ4v) is 7.40. The number of hydrogen-bond donors (Lipinski definition) is 0. The molecule has 1 unspecified atom stereocenters. The van der Waals surface area contributed by atoms with Crippen molar-refractivity contribution in [2.45, 2.75) is 41.7 Å². The normalized spacial score (nSPS) is 18.6. The molecular weight excluding hydrogens is 448 g/mol. The Kier molecular flexibility index (Phi) is 4.37. The van der Waals surface area contributed by atoms with Gasteiger partial charge in [-0.2, -0.15) is 0 Å². The Morgan fingerprint density at radius 3 is 2.30 bits per heavy atom. The summed E-state index contributed by atoms with van der Waals surface area (Å²) in [5.41, 5.74) is 11.7. The summed E-state index contributed by atoms with van der Waals surface area (Å²) in [5.74, 6) is 0.493. The van der Waals surface area contributed by atoms with E-state index < -0.39 is 0 Å². The third kappa shape index (κ3) is 2.73. The minimum Gasteiger partial charge on any atom is -0.106 e. The minimum absolute atomic E-state index is 0.397. The third-order valence-corrected chi connectivity index (χ3v) is 8.76. The Labute approximate surface area is 190 Å². The zero-order valence-electron chi connectivity index (χ0n) is 17.2. The van der Waals surface area contributed by atoms with Crippen LogP contribution < -0.4 is 10.4 Å². The van der Waals surface area contributed by atoms with Crippen molar-refractivity contribution in [1.29, 1.82) is 0 Å². The molecule has 30 heavy (non-hydrogen) atoms. The van der Waals surface area contributed by atoms with E-state index in [1.807, 2.05) is 11.8 Å². The van der Waals surface area contributed by atoms with Crippen LogP contribution in [-0.4, -0.2) is 4.16 Å². The van der Waals surface area contributed by atoms with Gasteiger partial charge in [-0.1, -0.05) is 76.6 Å². The molecule has 0 aromatic heterocycles. The summed E-state index contributed by atoms with van der Waals surface area (Å²) in [5, 5.41) is 2.88. The van der Waals surface area contributed by atoms with E-state index in [1.165, 1.54) is 59.9 Å². The molecule has 0 amide bonds. The van der Waals surface area contributed by atoms with Gasteiger partial charge in [-0.15, -0.1) is 11.8 Å². The van der Waals surface area contributed by atoms with Crippen LogP contribution in [0.25, 0.3) is 28.9 Å². The maximum Gasteiger partial charge on any atom is 0.0836 e. The van der Waals surface area contributed by atoms with Crippen LogP contribution in [0.15, 0.2) is 65.1 Å². The van der Waals surface area contributed by atoms with Crippen molar-refractivity contribution in [2.75, 3.05) is 0 Å². The molecule has 1 atom stereocenters. The zero-order valence-corrected chi connectivity index (χ0v) is 19.6. The van der Waals surface area contributed by atoms with Crippen LogP contribution in [0.4, 0.5) is 0 Å². The van der Waals surface area contributed by atoms with Gasteiger partial charge in [-0.3, -0.25) is 0 Å². The number of halogens is 1. The van der Waals surface area contributed by atoms with Gasteiger partial charge in [0.25, 0.3) is 0 Å². The maximum absolute atomic E-state index is 3.76. The lowest BCUT2D eigenvalue weighted by Gasteiger charge is -2.15. The SMILES string of the molecule is CC1=Cc2c(C)c3c(cc2=C1CCC1c2ccccc2-c2ccccc21)SC(Br)C=3. The summed E-state index contributed by atoms with van der Waals surface area (Å²) in [7, 11) is 0. The second-order valence-electron chi connectivity index (χ2n) is 8.58. The van der Waals surface area contributed by atoms with Crippen LogP contribution in [0.3, 0.4) is 0 Å². The summed E-state index contributed by atoms with van der Waals surface area (Å²) >= 11 is 5.68. The van der Waals surface area contributed by atoms with Crippen molar-refractivity contribution < 1.29 is 0 Å². The van der Waals surface area contributed by atoms with Crippen LogP contribution in [0.2, 0.25) is 0 Å². The zero-order chi connectivity index (χ0) is 20.4. The van der Waals surface area contributed by atoms with Crippen molar-refractivity contribution in [3.8, 4) is 11.1 Å². The van der Waals surface area contributed by atoms with Gasteiger partial charge in [0, 0.05) is 10.8 Å². The number of hydrogen-bond acceptors (Lipinski definition) is 1. The lowest BCUT2D eigenvalue weighted by Crippen LogP contribution is -2.18. The van der Waals surface area contributed by atoms with Crippen LogP contribution in [0.5, 0.6) is 0 Å². The molecule has 148 valence electrons. The summed E-state index contributed by atoms with van der Waals surface area (Å²) in [6, 6.07) is 20.4. The number of alkyl halides is 1. The van der Waals surface area contributed by atoms with Gasteiger partial charge in [0.1, 0.15) is 0 Å². The highest BCUT2D eigenvalue weighted by molar-refractivity contribution is 9.11. The molecule has 0 nitrogen and oxygen atoms in total. The molecule has 0 spiro atoms. The van der Waals surface area contributed by atoms with Gasteiger partial charge in [-0.05, 0) is 87.7 Å². The van der Waals surface area contributed by atoms with Gasteiger partial charge in [-0.25, -0.2) is 0 Å². The smallest absolute Gasteiger partial charge is 0.0836 e. The Bertz CT molecular complexity index is 1320. The summed E-state index contributed by atoms with van der Waals surface area (Å²) in [4.78, 5) is 1.42. The third-order valence-electron chi connectivity index (χ3n) is 6.98. The fourth-order valence-electron chi connectivity index (χ4n) is 5.55. The number of rotatable bonds is 3. The quantitative estimate of drug-likeness (QED) is 0.380. The van der Waals surface area contributed by atoms with E-state index in [9.17, 15) is 0 Å². The predicted octanol–water partition coefficient (Wildman–Crippen LogP) is 6.76. The summed E-state index contributed by atoms with van der Waals surface area (Å²) in [6.45, 7) is 4.58. The summed E-state index contributed by atoms with van der Waals surface area (Å²) in [6.07, 6.45) is 7.04. The van der Waals surface area contributed by atoms with Crippen LogP contribution in [0.1, 0.15) is 47.9 Å². The highest BCUT2D eigenvalue weighted by Gasteiger charge is 2.28. The average molecular weight is 471 g/mol. The molecule has 1 aliphatic heterocycles. The average Bonchev–Trinajstić information content (AvgIpc) is 3.39. The van der Waals surface area contributed by atoms with E-state index in [1.54, 1.807) is 0 Å². The molecular formula is C28H23BrS. The Hall–Kier alpha value is -2.03. The molecule has 2 heteroatoms. The molecule has 0 radical (unpaired) electrons. The first-order valence-electron chi connectivity index (χ1n) is 10.7. The first-order chi connectivity index (χ1) is 14.6. The van der Waals surface area contributed by atoms with Crippen molar-refractivity contribution in [2.24, 2.45) is 0 Å². The second-order valence-corrected chi connectivity index (χ2v) is 11.4. The van der Waals surface area contributed by atoms with Crippen molar-refractivity contribution in [1.82, 2.24) is 0 Å². The second kappa shape index (κ2) is 7.00. The standard InChI is InChI=1S/C28H23BrS/c1-16-13-24-17(2)25-15-28(29)30-27(25)14-26(24)18(16)11-12-23-21-9-5-3-7-19(21)20-8-4-6-10-22(20)23/h3-10,13-15,23,28H,11-12H2,1-2H3. The fraction of sp³-hybridized carbons (Fsp3) is 0.214. The molecule has 0 fully saturated rings. The summed E-state index contributed by atoms with van der Waals surface area (Å²) < 4.78 is 0.397. The van der Waals surface area contributed by atoms with Crippen LogP contribution in [0, 0.1) is 6.92 Å². The van der Waals surface area contributed by atoms with Gasteiger partial charge >= 0.3 is 0 Å². The lowest BCUT2D eigenvalue weighted by molar-refractivity contribution is 0.750. The first-order valence-corrected chi connectivity index (χ1v) is 12.5. The van der Waals surface area contributed by atoms with Gasteiger partial charge in [0.15, 0.2) is 0 Å². The molecule has 6 rings (SSSR count). The first kappa shape index (κ1) is 18.7. The van der Waals surface area contributed by atoms with Gasteiger partial charge in [0.05, 0.1) is 4.16 Å². The number of benzene rings is 3. The van der Waals surface area contributed by atoms with E-state index >= 15 is 0 Å². The van der Waals surface area contributed by atoms with Crippen molar-refractivity contribution >= 4 is 45.4 Å². The predicted molar refractivity (Wildman–Crippen MR) is 133 cm³/mol. The maximum atomic E-state index is 3.76. The highest BCUT2D eigenvalue weighted by Crippen LogP contribution is 2.47. The molecule has 3 aromatic rings. The Morgan fingerprint density at radius 1 is 0.933 bits per heavy atom. The van der Waals surface area contributed by atoms with E-state index in [0.717, 1.165) is 12.8 Å². The molecule has 0 saturated carbocycles. The monoisotopic (exact) mass is 470 g/mol. The van der Waals surface area contributed by atoms with E-state index in [-0.39, 0.29) is 0 Å². The number of fused-ring (bicyclic) bond motifs is 5. The Morgan fingerprint density at radius 2 is 1.60 bits per heavy atom. The highest BCUT2D eigenvalue weighted by atomic mass is 79.9. The van der Waals surface area contributed by atoms with Gasteiger partial charge in [0.2, 0.25) is 0 Å². The molecule has 1 heterocycles. The van der Waals surface area contributed by atoms with E-state index in [2.05, 4.69) is 96.5 Å². The van der Waals surface area contributed by atoms with Gasteiger partial charge < -0.3 is 0 Å². The Balaban J connectivity index is 1.41. The molecule has 0 N–H and O–H groups in total. The molecule has 3 aliphatic rings. The minimum atomic E-state index is 0.397. The van der Waals surface area contributed by atoms with Crippen molar-refractivity contribution in [3.05, 3.63) is 92.9 Å². The van der Waals surface area contributed by atoms with Crippen LogP contribution in [-0.2, 0) is 0 Å². The van der Waals surface area contributed by atoms with E-state index in [4.69, 9.17) is 0 Å². The topological polar surface area (TPSA) is 0 Å². The molecule has 0 bridgehead atoms. The van der Waals surface area contributed by atoms with Crippen LogP contribution >= 0.6 is 27.7 Å². The molecule has 0 saturated heterocycles. The number of allylic oxidation sites excluding steroid dienone is 1. The lowest BCUT2D eigenvalue weighted by atomic mass is 9.89. The van der Waals surface area contributed by atoms with Crippen molar-refractivity contribution in [3.63, 3.8) is 0 Å². The molecule has 2 aliphatic carbocycles.